The number of halogens is 2. The number of carbonyl (C=O) groups is 2. The molecule has 0 fully saturated rings. The van der Waals surface area contributed by atoms with Crippen LogP contribution in [0.3, 0.4) is 0 Å². The topological polar surface area (TPSA) is 52.6 Å². The molecule has 4 nitrogen and oxygen atoms in total. The molecule has 0 aromatic heterocycles. The van der Waals surface area contributed by atoms with Crippen molar-refractivity contribution in [2.24, 2.45) is 0 Å². The summed E-state index contributed by atoms with van der Waals surface area (Å²) in [5.74, 6) is -0.0698. The van der Waals surface area contributed by atoms with E-state index in [9.17, 15) is 9.59 Å². The van der Waals surface area contributed by atoms with Gasteiger partial charge in [-0.1, -0.05) is 96.0 Å². The zero-order chi connectivity index (χ0) is 31.0. The van der Waals surface area contributed by atoms with E-state index in [1.54, 1.807) is 48.5 Å². The fourth-order valence-corrected chi connectivity index (χ4v) is 6.33. The Labute approximate surface area is 270 Å². The monoisotopic (exact) mass is 626 g/mol. The molecule has 0 saturated heterocycles. The zero-order valence-corrected chi connectivity index (χ0v) is 25.3. The van der Waals surface area contributed by atoms with Gasteiger partial charge in [-0.05, 0) is 106 Å². The van der Waals surface area contributed by atoms with Crippen LogP contribution in [0.2, 0.25) is 10.0 Å². The van der Waals surface area contributed by atoms with Crippen molar-refractivity contribution in [1.29, 1.82) is 0 Å². The molecule has 45 heavy (non-hydrogen) atoms. The fourth-order valence-electron chi connectivity index (χ4n) is 6.07. The predicted octanol–water partition coefficient (Wildman–Crippen LogP) is 9.79. The minimum Gasteiger partial charge on any atom is -0.423 e. The number of esters is 2. The first-order valence-corrected chi connectivity index (χ1v) is 15.0. The molecule has 0 amide bonds. The molecule has 1 aliphatic carbocycles. The quantitative estimate of drug-likeness (QED) is 0.136. The third-order valence-electron chi connectivity index (χ3n) is 8.11. The van der Waals surface area contributed by atoms with Crippen molar-refractivity contribution in [2.75, 3.05) is 0 Å². The first-order chi connectivity index (χ1) is 21.9. The van der Waals surface area contributed by atoms with E-state index in [-0.39, 0.29) is 0 Å². The molecule has 0 saturated carbocycles. The Morgan fingerprint density at radius 2 is 0.800 bits per heavy atom. The molecule has 6 aromatic rings. The van der Waals surface area contributed by atoms with E-state index in [0.29, 0.717) is 32.7 Å². The van der Waals surface area contributed by atoms with Crippen molar-refractivity contribution in [2.45, 2.75) is 5.41 Å². The van der Waals surface area contributed by atoms with Gasteiger partial charge in [0.15, 0.2) is 0 Å². The molecule has 6 aromatic carbocycles. The van der Waals surface area contributed by atoms with Crippen LogP contribution in [-0.2, 0) is 5.41 Å². The van der Waals surface area contributed by atoms with Crippen molar-refractivity contribution in [3.8, 4) is 22.6 Å². The van der Waals surface area contributed by atoms with Crippen molar-refractivity contribution < 1.29 is 19.1 Å². The maximum absolute atomic E-state index is 12.8. The number of benzene rings is 6. The molecule has 6 heteroatoms. The average molecular weight is 628 g/mol. The van der Waals surface area contributed by atoms with E-state index >= 15 is 0 Å². The molecule has 0 unspecified atom stereocenters. The third kappa shape index (κ3) is 5.18. The molecule has 0 spiro atoms. The van der Waals surface area contributed by atoms with E-state index in [0.717, 1.165) is 33.4 Å². The Hall–Kier alpha value is -5.16. The molecule has 0 atom stereocenters. The molecule has 0 radical (unpaired) electrons. The smallest absolute Gasteiger partial charge is 0.343 e. The van der Waals surface area contributed by atoms with Crippen LogP contribution in [-0.4, -0.2) is 11.9 Å². The van der Waals surface area contributed by atoms with Crippen LogP contribution in [0, 0.1) is 0 Å². The summed E-state index contributed by atoms with van der Waals surface area (Å²) in [5.41, 5.74) is 6.69. The van der Waals surface area contributed by atoms with Gasteiger partial charge in [0, 0.05) is 10.0 Å². The van der Waals surface area contributed by atoms with Crippen molar-refractivity contribution >= 4 is 35.1 Å². The van der Waals surface area contributed by atoms with Crippen LogP contribution in [0.1, 0.15) is 43.0 Å². The number of hydrogen-bond donors (Lipinski definition) is 0. The molecule has 0 heterocycles. The Kier molecular flexibility index (Phi) is 7.46. The highest BCUT2D eigenvalue weighted by atomic mass is 35.5. The van der Waals surface area contributed by atoms with Crippen LogP contribution in [0.4, 0.5) is 0 Å². The highest BCUT2D eigenvalue weighted by Gasteiger charge is 2.45. The lowest BCUT2D eigenvalue weighted by atomic mass is 9.68. The fraction of sp³-hybridized carbons (Fsp3) is 0.0256. The summed E-state index contributed by atoms with van der Waals surface area (Å²) in [4.78, 5) is 25.6. The summed E-state index contributed by atoms with van der Waals surface area (Å²) in [7, 11) is 0. The summed E-state index contributed by atoms with van der Waals surface area (Å²) in [6, 6.07) is 45.2. The minimum absolute atomic E-state index is 0.412. The van der Waals surface area contributed by atoms with E-state index in [1.165, 1.54) is 0 Å². The first-order valence-electron chi connectivity index (χ1n) is 14.3. The number of hydrogen-bond acceptors (Lipinski definition) is 4. The standard InChI is InChI=1S/C39H24Cl2O4/c40-29-17-9-25(10-18-29)37(42)44-31-21-13-27(14-22-31)39(35-7-3-1-5-33(35)34-6-2-4-8-36(34)39)28-15-23-32(24-16-28)45-38(43)26-11-19-30(41)20-12-26/h1-24H. The maximum atomic E-state index is 12.8. The number of carbonyl (C=O) groups excluding carboxylic acids is 2. The van der Waals surface area contributed by atoms with Crippen LogP contribution in [0.5, 0.6) is 11.5 Å². The van der Waals surface area contributed by atoms with Crippen molar-refractivity contribution in [1.82, 2.24) is 0 Å². The van der Waals surface area contributed by atoms with Gasteiger partial charge < -0.3 is 9.47 Å². The van der Waals surface area contributed by atoms with Gasteiger partial charge in [-0.15, -0.1) is 0 Å². The van der Waals surface area contributed by atoms with E-state index < -0.39 is 17.4 Å². The van der Waals surface area contributed by atoms with Gasteiger partial charge in [-0.25, -0.2) is 9.59 Å². The summed E-state index contributed by atoms with van der Waals surface area (Å²) in [5, 5.41) is 1.09. The maximum Gasteiger partial charge on any atom is 0.343 e. The highest BCUT2D eigenvalue weighted by Crippen LogP contribution is 2.56. The predicted molar refractivity (Wildman–Crippen MR) is 177 cm³/mol. The summed E-state index contributed by atoms with van der Waals surface area (Å²) in [6.07, 6.45) is 0. The van der Waals surface area contributed by atoms with Gasteiger partial charge >= 0.3 is 11.9 Å². The SMILES string of the molecule is O=C(Oc1ccc(C2(c3ccc(OC(=O)c4ccc(Cl)cc4)cc3)c3ccccc3-c3ccccc32)cc1)c1ccc(Cl)cc1. The van der Waals surface area contributed by atoms with Gasteiger partial charge in [-0.2, -0.15) is 0 Å². The summed E-state index contributed by atoms with van der Waals surface area (Å²) >= 11 is 11.9. The van der Waals surface area contributed by atoms with E-state index in [1.807, 2.05) is 72.8 Å². The van der Waals surface area contributed by atoms with Crippen LogP contribution < -0.4 is 9.47 Å². The molecular formula is C39H24Cl2O4. The molecule has 0 N–H and O–H groups in total. The second-order valence-electron chi connectivity index (χ2n) is 10.7. The Morgan fingerprint density at radius 1 is 0.444 bits per heavy atom. The summed E-state index contributed by atoms with van der Waals surface area (Å²) in [6.45, 7) is 0. The number of ether oxygens (including phenoxy) is 2. The van der Waals surface area contributed by atoms with Crippen molar-refractivity contribution in [3.63, 3.8) is 0 Å². The molecule has 218 valence electrons. The van der Waals surface area contributed by atoms with Crippen LogP contribution in [0.25, 0.3) is 11.1 Å². The molecule has 0 aliphatic heterocycles. The van der Waals surface area contributed by atoms with Gasteiger partial charge in [0.25, 0.3) is 0 Å². The largest absolute Gasteiger partial charge is 0.423 e. The third-order valence-corrected chi connectivity index (χ3v) is 8.61. The Bertz CT molecular complexity index is 1880. The van der Waals surface area contributed by atoms with E-state index in [2.05, 4.69) is 24.3 Å². The average Bonchev–Trinajstić information content (AvgIpc) is 3.37. The second kappa shape index (κ2) is 11.7. The Morgan fingerprint density at radius 3 is 1.18 bits per heavy atom. The molecule has 7 rings (SSSR count). The molecule has 1 aliphatic rings. The number of rotatable bonds is 6. The van der Waals surface area contributed by atoms with Crippen LogP contribution >= 0.6 is 23.2 Å². The second-order valence-corrected chi connectivity index (χ2v) is 11.6. The Balaban J connectivity index is 1.28. The van der Waals surface area contributed by atoms with Gasteiger partial charge in [-0.3, -0.25) is 0 Å². The lowest BCUT2D eigenvalue weighted by Crippen LogP contribution is -2.28. The van der Waals surface area contributed by atoms with Crippen LogP contribution in [0.15, 0.2) is 146 Å². The molecular weight excluding hydrogens is 603 g/mol. The lowest BCUT2D eigenvalue weighted by molar-refractivity contribution is 0.0725. The summed E-state index contributed by atoms with van der Waals surface area (Å²) < 4.78 is 11.4. The van der Waals surface area contributed by atoms with Crippen molar-refractivity contribution in [3.05, 3.63) is 189 Å². The van der Waals surface area contributed by atoms with Gasteiger partial charge in [0.2, 0.25) is 0 Å². The number of fused-ring (bicyclic) bond motifs is 3. The first kappa shape index (κ1) is 28.6. The minimum atomic E-state index is -0.676. The van der Waals surface area contributed by atoms with Gasteiger partial charge in [0.1, 0.15) is 11.5 Å². The normalized spacial score (nSPS) is 12.6. The highest BCUT2D eigenvalue weighted by molar-refractivity contribution is 6.31. The molecule has 0 bridgehead atoms. The van der Waals surface area contributed by atoms with Gasteiger partial charge in [0.05, 0.1) is 16.5 Å². The lowest BCUT2D eigenvalue weighted by Gasteiger charge is -2.34. The zero-order valence-electron chi connectivity index (χ0n) is 23.7. The van der Waals surface area contributed by atoms with E-state index in [4.69, 9.17) is 32.7 Å².